The van der Waals surface area contributed by atoms with Crippen LogP contribution in [0.1, 0.15) is 0 Å². The molecule has 0 bridgehead atoms. The van der Waals surface area contributed by atoms with Crippen molar-refractivity contribution in [1.29, 1.82) is 0 Å². The van der Waals surface area contributed by atoms with Crippen LogP contribution in [0, 0.1) is 0 Å². The van der Waals surface area contributed by atoms with E-state index in [1.165, 1.54) is 0 Å². The molecule has 0 aliphatic carbocycles. The molecular weight excluding hydrogens is 697 g/mol. The molecule has 0 aromatic rings. The third-order valence-electron chi connectivity index (χ3n) is 1.80. The standard InChI is InChI=1S/H22NP21S/c2-14(3)19(12)21(22(17(8)9)18(10)11)13(1-23)20(15(4)5)16(6)7/h2-12H2. The molecular formula is H22NP21S. The van der Waals surface area contributed by atoms with E-state index in [2.05, 4.69) is 98.2 Å². The molecule has 14 atom stereocenters. The van der Waals surface area contributed by atoms with Crippen molar-refractivity contribution in [1.82, 2.24) is 0 Å². The Morgan fingerprint density at radius 1 is 0.478 bits per heavy atom. The van der Waals surface area contributed by atoms with Gasteiger partial charge in [-0.15, -0.1) is 98.2 Å². The summed E-state index contributed by atoms with van der Waals surface area (Å²) in [5, 5.41) is 0. The SMILES string of the molecule is PP(P)P(P)P(P(N=S)P(P(P)P)P(P)P)P(P(P)P)P(P)P. The molecule has 23 heavy (non-hydrogen) atoms. The van der Waals surface area contributed by atoms with Crippen LogP contribution in [0.4, 0.5) is 0 Å². The molecule has 0 saturated carbocycles. The molecule has 0 N–H and O–H groups in total. The van der Waals surface area contributed by atoms with Gasteiger partial charge in [-0.25, -0.2) is 0 Å². The molecule has 1 nitrogen and oxygen atoms in total. The van der Waals surface area contributed by atoms with Crippen LogP contribution in [-0.2, 0) is 12.4 Å². The summed E-state index contributed by atoms with van der Waals surface area (Å²) < 4.78 is 4.70. The molecule has 0 aromatic carbocycles. The maximum Gasteiger partial charge on any atom is 0.0990 e. The zero-order valence-electron chi connectivity index (χ0n) is 11.7. The van der Waals surface area contributed by atoms with Crippen molar-refractivity contribution in [3.63, 3.8) is 0 Å². The second-order valence-corrected chi connectivity index (χ2v) is 86.4. The molecule has 0 spiro atoms. The highest BCUT2D eigenvalue weighted by Crippen LogP contribution is 3.29. The van der Waals surface area contributed by atoms with Crippen LogP contribution >= 0.6 is 169 Å². The monoisotopic (exact) mass is 719 g/mol. The second kappa shape index (κ2) is 17.5. The number of nitrogens with zero attached hydrogens (tertiary/aromatic N) is 1. The van der Waals surface area contributed by atoms with Crippen molar-refractivity contribution >= 4 is 181 Å². The third kappa shape index (κ3) is 11.8. The summed E-state index contributed by atoms with van der Waals surface area (Å²) in [5.74, 6) is 0. The highest BCUT2D eigenvalue weighted by molar-refractivity contribution is 9.33. The fourth-order valence-corrected chi connectivity index (χ4v) is 223. The molecule has 23 heteroatoms. The van der Waals surface area contributed by atoms with Crippen molar-refractivity contribution in [2.75, 3.05) is 0 Å². The molecule has 0 aromatic heterocycles. The average molecular weight is 719 g/mol. The van der Waals surface area contributed by atoms with Gasteiger partial charge in [0.25, 0.3) is 0 Å². The van der Waals surface area contributed by atoms with E-state index in [4.69, 9.17) is 16.6 Å². The predicted molar refractivity (Wildman–Crippen MR) is 186 cm³/mol. The van der Waals surface area contributed by atoms with E-state index in [-0.39, 0.29) is 62.9 Å². The summed E-state index contributed by atoms with van der Waals surface area (Å²) in [6.07, 6.45) is 0. The molecule has 14 unspecified atom stereocenters. The molecule has 0 rings (SSSR count). The lowest BCUT2D eigenvalue weighted by Crippen LogP contribution is -1.61. The van der Waals surface area contributed by atoms with Gasteiger partial charge < -0.3 is 0 Å². The molecule has 0 aliphatic rings. The van der Waals surface area contributed by atoms with Crippen LogP contribution < -0.4 is 0 Å². The quantitative estimate of drug-likeness (QED) is 0.205. The van der Waals surface area contributed by atoms with E-state index in [9.17, 15) is 0 Å². The van der Waals surface area contributed by atoms with E-state index in [0.29, 0.717) is 0 Å². The Balaban J connectivity index is 6.01. The largest absolute Gasteiger partial charge is 0.185 e. The topological polar surface area (TPSA) is 12.4 Å². The first kappa shape index (κ1) is 32.0. The number of rotatable bonds is 10. The highest BCUT2D eigenvalue weighted by Gasteiger charge is 2.44. The Kier molecular flexibility index (Phi) is 24.4. The molecule has 0 fully saturated rings. The third-order valence-corrected chi connectivity index (χ3v) is 133. The van der Waals surface area contributed by atoms with Crippen molar-refractivity contribution < 1.29 is 0 Å². The summed E-state index contributed by atoms with van der Waals surface area (Å²) in [6.45, 7) is -0.862. The van der Waals surface area contributed by atoms with Gasteiger partial charge in [-0.3, -0.25) is 0 Å². The first-order valence-electron chi connectivity index (χ1n) is 5.02. The lowest BCUT2D eigenvalue weighted by molar-refractivity contribution is 2.10. The van der Waals surface area contributed by atoms with E-state index in [1.807, 2.05) is 0 Å². The Bertz CT molecular complexity index is 317. The van der Waals surface area contributed by atoms with Crippen molar-refractivity contribution in [2.24, 2.45) is 4.13 Å². The Morgan fingerprint density at radius 2 is 0.826 bits per heavy atom. The van der Waals surface area contributed by atoms with Gasteiger partial charge in [0.15, 0.2) is 0 Å². The molecule has 0 aliphatic heterocycles. The Morgan fingerprint density at radius 3 is 1.04 bits per heavy atom. The van der Waals surface area contributed by atoms with Gasteiger partial charge in [0.1, 0.15) is 0 Å². The van der Waals surface area contributed by atoms with Crippen LogP contribution in [0.15, 0.2) is 4.13 Å². The fourth-order valence-electron chi connectivity index (χ4n) is 1.07. The lowest BCUT2D eigenvalue weighted by Gasteiger charge is -2.44. The lowest BCUT2D eigenvalue weighted by atomic mass is 13.9. The zero-order chi connectivity index (χ0) is 18.5. The van der Waals surface area contributed by atoms with Crippen LogP contribution in [0.2, 0.25) is 0 Å². The van der Waals surface area contributed by atoms with Crippen LogP contribution in [0.25, 0.3) is 0 Å². The molecule has 138 valence electrons. The average Bonchev–Trinajstić information content (AvgIpc) is 2.39. The van der Waals surface area contributed by atoms with E-state index >= 15 is 0 Å². The minimum Gasteiger partial charge on any atom is -0.185 e. The van der Waals surface area contributed by atoms with E-state index in [1.54, 1.807) is 0 Å². The second-order valence-electron chi connectivity index (χ2n) is 3.38. The van der Waals surface area contributed by atoms with Crippen molar-refractivity contribution in [3.8, 4) is 0 Å². The fraction of sp³-hybridized carbons (Fsp3) is 0. The van der Waals surface area contributed by atoms with Gasteiger partial charge in [0.2, 0.25) is 0 Å². The van der Waals surface area contributed by atoms with Gasteiger partial charge in [-0.05, 0) is 48.9 Å². The van der Waals surface area contributed by atoms with Gasteiger partial charge in [-0.2, -0.15) is 4.13 Å². The maximum absolute atomic E-state index is 5.42. The number of hydrogen-bond donors (Lipinski definition) is 0. The van der Waals surface area contributed by atoms with Crippen molar-refractivity contribution in [2.45, 2.75) is 0 Å². The van der Waals surface area contributed by atoms with Crippen LogP contribution in [0.3, 0.4) is 0 Å². The van der Waals surface area contributed by atoms with E-state index < -0.39 is 7.45 Å². The molecule has 0 radical (unpaired) electrons. The van der Waals surface area contributed by atoms with Crippen LogP contribution in [0.5, 0.6) is 0 Å². The summed E-state index contributed by atoms with van der Waals surface area (Å²) >= 11 is 5.42. The summed E-state index contributed by atoms with van der Waals surface area (Å²) in [6, 6.07) is 0. The first-order valence-corrected chi connectivity index (χ1v) is 42.9. The normalized spacial score (nSPS) is 17.1. The highest BCUT2D eigenvalue weighted by atomic mass is 33.4. The van der Waals surface area contributed by atoms with Gasteiger partial charge in [0.05, 0.1) is 7.45 Å². The predicted octanol–water partition coefficient (Wildman–Crippen LogP) is 12.4. The Hall–Kier alpha value is 9.05. The summed E-state index contributed by atoms with van der Waals surface area (Å²) in [5.41, 5.74) is 0. The minimum absolute atomic E-state index is 0.0290. The number of hydrogen-bond acceptors (Lipinski definition) is 2. The van der Waals surface area contributed by atoms with Gasteiger partial charge in [0, 0.05) is 26.4 Å². The van der Waals surface area contributed by atoms with Gasteiger partial charge in [-0.1, -0.05) is 0 Å². The molecule has 0 amide bonds. The minimum atomic E-state index is -0.391. The van der Waals surface area contributed by atoms with Crippen LogP contribution in [-0.4, -0.2) is 0 Å². The Labute approximate surface area is 183 Å². The smallest absolute Gasteiger partial charge is 0.0990 e. The zero-order valence-corrected chi connectivity index (χ0v) is 34.1. The van der Waals surface area contributed by atoms with Crippen molar-refractivity contribution in [3.05, 3.63) is 0 Å². The van der Waals surface area contributed by atoms with E-state index in [0.717, 1.165) is 0 Å². The summed E-state index contributed by atoms with van der Waals surface area (Å²) in [7, 11) is 33.8. The molecule has 0 saturated heterocycles. The maximum atomic E-state index is 5.42. The summed E-state index contributed by atoms with van der Waals surface area (Å²) in [4.78, 5) is 0. The first-order chi connectivity index (χ1) is 10.5. The van der Waals surface area contributed by atoms with Gasteiger partial charge >= 0.3 is 0 Å². The molecule has 0 heterocycles.